The van der Waals surface area contributed by atoms with Crippen molar-refractivity contribution in [2.75, 3.05) is 0 Å². The van der Waals surface area contributed by atoms with Crippen molar-refractivity contribution in [2.24, 2.45) is 11.5 Å². The van der Waals surface area contributed by atoms with Gasteiger partial charge in [-0.2, -0.15) is 0 Å². The number of carboxylic acid groups (broad SMARTS) is 2. The molecule has 0 saturated heterocycles. The van der Waals surface area contributed by atoms with E-state index < -0.39 is 47.8 Å². The molecule has 0 aliphatic heterocycles. The van der Waals surface area contributed by atoms with Gasteiger partial charge in [0.25, 0.3) is 0 Å². The number of hydrogen-bond donors (Lipinski definition) is 7. The van der Waals surface area contributed by atoms with Crippen LogP contribution in [0.1, 0.15) is 31.2 Å². The molecule has 1 aromatic heterocycles. The Morgan fingerprint density at radius 2 is 1.61 bits per heavy atom. The number of rotatable bonds is 13. The van der Waals surface area contributed by atoms with E-state index in [4.69, 9.17) is 16.6 Å². The fourth-order valence-corrected chi connectivity index (χ4v) is 3.23. The molecule has 0 spiro atoms. The van der Waals surface area contributed by atoms with Crippen LogP contribution in [0.2, 0.25) is 0 Å². The van der Waals surface area contributed by atoms with E-state index in [0.717, 1.165) is 10.9 Å². The average Bonchev–Trinajstić information content (AvgIpc) is 3.16. The summed E-state index contributed by atoms with van der Waals surface area (Å²) in [5.41, 5.74) is 12.3. The minimum Gasteiger partial charge on any atom is -0.481 e. The lowest BCUT2D eigenvalue weighted by Crippen LogP contribution is -2.55. The van der Waals surface area contributed by atoms with Crippen LogP contribution in [0, 0.1) is 0 Å². The van der Waals surface area contributed by atoms with Crippen molar-refractivity contribution in [3.63, 3.8) is 0 Å². The van der Waals surface area contributed by atoms with Crippen LogP contribution in [0.15, 0.2) is 30.5 Å². The van der Waals surface area contributed by atoms with E-state index in [0.29, 0.717) is 5.56 Å². The summed E-state index contributed by atoms with van der Waals surface area (Å²) in [6.07, 6.45) is 0.735. The molecule has 1 heterocycles. The van der Waals surface area contributed by atoms with Crippen molar-refractivity contribution in [3.05, 3.63) is 36.0 Å². The molecule has 0 bridgehead atoms. The SMILES string of the molecule is NC(=O)CCC(NC(=O)C(Cc1c[nH]c2ccccc12)NC(=O)C(N)CCC(=O)O)C(=O)O. The highest BCUT2D eigenvalue weighted by Gasteiger charge is 2.29. The number of nitrogens with two attached hydrogens (primary N) is 2. The highest BCUT2D eigenvalue weighted by Crippen LogP contribution is 2.19. The van der Waals surface area contributed by atoms with Gasteiger partial charge in [0.1, 0.15) is 12.1 Å². The number of aliphatic carboxylic acids is 2. The number of fused-ring (bicyclic) bond motifs is 1. The summed E-state index contributed by atoms with van der Waals surface area (Å²) in [6.45, 7) is 0. The third kappa shape index (κ3) is 7.61. The number of primary amides is 1. The lowest BCUT2D eigenvalue weighted by Gasteiger charge is -2.22. The van der Waals surface area contributed by atoms with Gasteiger partial charge in [-0.05, 0) is 24.5 Å². The Bertz CT molecular complexity index is 1030. The molecule has 0 aliphatic rings. The van der Waals surface area contributed by atoms with Gasteiger partial charge in [0.15, 0.2) is 0 Å². The summed E-state index contributed by atoms with van der Waals surface area (Å²) >= 11 is 0. The lowest BCUT2D eigenvalue weighted by atomic mass is 10.0. The van der Waals surface area contributed by atoms with Gasteiger partial charge in [-0.25, -0.2) is 4.79 Å². The Labute approximate surface area is 188 Å². The zero-order valence-corrected chi connectivity index (χ0v) is 17.7. The Kier molecular flexibility index (Phi) is 8.92. The van der Waals surface area contributed by atoms with Crippen molar-refractivity contribution < 1.29 is 34.2 Å². The quantitative estimate of drug-likeness (QED) is 0.200. The molecule has 12 heteroatoms. The van der Waals surface area contributed by atoms with Crippen LogP contribution < -0.4 is 22.1 Å². The average molecular weight is 461 g/mol. The Morgan fingerprint density at radius 3 is 2.24 bits per heavy atom. The first kappa shape index (κ1) is 25.3. The minimum atomic E-state index is -1.40. The molecule has 0 saturated carbocycles. The van der Waals surface area contributed by atoms with Gasteiger partial charge in [0, 0.05) is 36.4 Å². The summed E-state index contributed by atoms with van der Waals surface area (Å²) in [5, 5.41) is 23.8. The number of H-pyrrole nitrogens is 1. The molecule has 178 valence electrons. The van der Waals surface area contributed by atoms with Crippen LogP contribution in [0.3, 0.4) is 0 Å². The number of nitrogens with one attached hydrogen (secondary N) is 3. The molecule has 2 rings (SSSR count). The fourth-order valence-electron chi connectivity index (χ4n) is 3.23. The van der Waals surface area contributed by atoms with E-state index in [2.05, 4.69) is 15.6 Å². The van der Waals surface area contributed by atoms with Crippen LogP contribution in [-0.2, 0) is 30.4 Å². The molecule has 2 aromatic rings. The van der Waals surface area contributed by atoms with E-state index in [9.17, 15) is 29.1 Å². The van der Waals surface area contributed by atoms with Crippen LogP contribution in [0.25, 0.3) is 10.9 Å². The van der Waals surface area contributed by atoms with E-state index in [1.807, 2.05) is 18.2 Å². The molecule has 9 N–H and O–H groups in total. The molecular weight excluding hydrogens is 434 g/mol. The van der Waals surface area contributed by atoms with Crippen molar-refractivity contribution in [1.82, 2.24) is 15.6 Å². The van der Waals surface area contributed by atoms with Gasteiger partial charge in [-0.15, -0.1) is 0 Å². The number of benzene rings is 1. The fraction of sp³-hybridized carbons (Fsp3) is 0.381. The topological polar surface area (TPSA) is 218 Å². The Morgan fingerprint density at radius 1 is 0.939 bits per heavy atom. The third-order valence-electron chi connectivity index (χ3n) is 5.03. The number of carbonyl (C=O) groups excluding carboxylic acids is 3. The monoisotopic (exact) mass is 461 g/mol. The van der Waals surface area contributed by atoms with Gasteiger partial charge in [0.2, 0.25) is 17.7 Å². The van der Waals surface area contributed by atoms with Crippen molar-refractivity contribution >= 4 is 40.6 Å². The third-order valence-corrected chi connectivity index (χ3v) is 5.03. The minimum absolute atomic E-state index is 0.00932. The van der Waals surface area contributed by atoms with Gasteiger partial charge >= 0.3 is 11.9 Å². The van der Waals surface area contributed by atoms with E-state index in [1.54, 1.807) is 12.3 Å². The maximum Gasteiger partial charge on any atom is 0.326 e. The zero-order valence-electron chi connectivity index (χ0n) is 17.7. The van der Waals surface area contributed by atoms with Crippen LogP contribution in [-0.4, -0.2) is 63.0 Å². The first-order valence-electron chi connectivity index (χ1n) is 10.2. The number of carbonyl (C=O) groups is 5. The summed E-state index contributed by atoms with van der Waals surface area (Å²) in [6, 6.07) is 3.51. The second-order valence-electron chi connectivity index (χ2n) is 7.57. The number of aromatic nitrogens is 1. The molecule has 3 unspecified atom stereocenters. The second-order valence-corrected chi connectivity index (χ2v) is 7.57. The van der Waals surface area contributed by atoms with Crippen molar-refractivity contribution in [1.29, 1.82) is 0 Å². The van der Waals surface area contributed by atoms with Gasteiger partial charge in [-0.3, -0.25) is 19.2 Å². The number of para-hydroxylation sites is 1. The second kappa shape index (κ2) is 11.6. The Balaban J connectivity index is 2.22. The summed E-state index contributed by atoms with van der Waals surface area (Å²) < 4.78 is 0. The normalized spacial score (nSPS) is 13.6. The predicted octanol–water partition coefficient (Wildman–Crippen LogP) is -0.778. The van der Waals surface area contributed by atoms with Crippen molar-refractivity contribution in [2.45, 2.75) is 50.2 Å². The van der Waals surface area contributed by atoms with E-state index in [-0.39, 0.29) is 32.1 Å². The number of carboxylic acids is 2. The van der Waals surface area contributed by atoms with E-state index in [1.165, 1.54) is 0 Å². The molecular formula is C21H27N5O7. The summed E-state index contributed by atoms with van der Waals surface area (Å²) in [7, 11) is 0. The van der Waals surface area contributed by atoms with Crippen molar-refractivity contribution in [3.8, 4) is 0 Å². The molecule has 1 aromatic carbocycles. The lowest BCUT2D eigenvalue weighted by molar-refractivity contribution is -0.142. The molecule has 0 fully saturated rings. The molecule has 3 amide bonds. The van der Waals surface area contributed by atoms with E-state index >= 15 is 0 Å². The number of amides is 3. The number of hydrogen-bond acceptors (Lipinski definition) is 6. The van der Waals surface area contributed by atoms with Crippen LogP contribution in [0.5, 0.6) is 0 Å². The van der Waals surface area contributed by atoms with Crippen LogP contribution >= 0.6 is 0 Å². The van der Waals surface area contributed by atoms with Crippen LogP contribution in [0.4, 0.5) is 0 Å². The standard InChI is InChI=1S/C21H27N5O7/c22-13(5-8-18(28)29)19(30)26-16(9-11-10-24-14-4-2-1-3-12(11)14)20(31)25-15(21(32)33)6-7-17(23)27/h1-4,10,13,15-16,24H,5-9,22H2,(H2,23,27)(H,25,31)(H,26,30)(H,28,29)(H,32,33). The highest BCUT2D eigenvalue weighted by atomic mass is 16.4. The maximum atomic E-state index is 12.9. The zero-order chi connectivity index (χ0) is 24.5. The largest absolute Gasteiger partial charge is 0.481 e. The first-order valence-corrected chi connectivity index (χ1v) is 10.2. The Hall–Kier alpha value is -3.93. The summed E-state index contributed by atoms with van der Waals surface area (Å²) in [5.74, 6) is -4.75. The number of aromatic amines is 1. The predicted molar refractivity (Wildman–Crippen MR) is 117 cm³/mol. The molecule has 12 nitrogen and oxygen atoms in total. The molecule has 3 atom stereocenters. The molecule has 0 radical (unpaired) electrons. The van der Waals surface area contributed by atoms with Gasteiger partial charge in [0.05, 0.1) is 6.04 Å². The highest BCUT2D eigenvalue weighted by molar-refractivity contribution is 5.93. The first-order chi connectivity index (χ1) is 15.6. The van der Waals surface area contributed by atoms with Gasteiger partial charge < -0.3 is 37.3 Å². The molecule has 33 heavy (non-hydrogen) atoms. The smallest absolute Gasteiger partial charge is 0.326 e. The van der Waals surface area contributed by atoms with Gasteiger partial charge in [-0.1, -0.05) is 18.2 Å². The molecule has 0 aliphatic carbocycles. The summed E-state index contributed by atoms with van der Waals surface area (Å²) in [4.78, 5) is 61.8. The maximum absolute atomic E-state index is 12.9.